The van der Waals surface area contributed by atoms with Gasteiger partial charge in [-0.05, 0) is 29.3 Å². The molecule has 1 N–H and O–H groups in total. The van der Waals surface area contributed by atoms with E-state index >= 15 is 0 Å². The van der Waals surface area contributed by atoms with Gasteiger partial charge < -0.3 is 9.84 Å². The van der Waals surface area contributed by atoms with Gasteiger partial charge in [-0.3, -0.25) is 10.1 Å². The van der Waals surface area contributed by atoms with Gasteiger partial charge in [0.25, 0.3) is 5.69 Å². The fourth-order valence-electron chi connectivity index (χ4n) is 2.31. The molecule has 3 aromatic carbocycles. The number of nitro benzene ring substituents is 1. The molecule has 0 aliphatic heterocycles. The molecule has 0 aromatic heterocycles. The van der Waals surface area contributed by atoms with E-state index < -0.39 is 10.9 Å². The SMILES string of the molecule is O=C(Oc1ccc(-c2ccccc2)cc1)c1cc([N+](=O)[O-])ccc1O. The lowest BCUT2D eigenvalue weighted by Gasteiger charge is -2.07. The maximum atomic E-state index is 12.2. The average Bonchev–Trinajstić information content (AvgIpc) is 2.63. The van der Waals surface area contributed by atoms with E-state index in [9.17, 15) is 20.0 Å². The first-order valence-electron chi connectivity index (χ1n) is 7.39. The number of carbonyl (C=O) groups excluding carboxylic acids is 1. The number of phenolic OH excluding ortho intramolecular Hbond substituents is 1. The van der Waals surface area contributed by atoms with Crippen molar-refractivity contribution in [3.05, 3.63) is 88.5 Å². The molecule has 0 amide bonds. The highest BCUT2D eigenvalue weighted by atomic mass is 16.6. The number of non-ortho nitro benzene ring substituents is 1. The van der Waals surface area contributed by atoms with Gasteiger partial charge in [0.2, 0.25) is 0 Å². The first kappa shape index (κ1) is 16.2. The summed E-state index contributed by atoms with van der Waals surface area (Å²) in [5, 5.41) is 20.5. The van der Waals surface area contributed by atoms with Gasteiger partial charge >= 0.3 is 5.97 Å². The molecule has 0 saturated heterocycles. The third-order valence-electron chi connectivity index (χ3n) is 3.58. The first-order chi connectivity index (χ1) is 12.0. The molecule has 0 fully saturated rings. The molecule has 0 unspecified atom stereocenters. The number of esters is 1. The van der Waals surface area contributed by atoms with Crippen LogP contribution in [0.5, 0.6) is 11.5 Å². The maximum absolute atomic E-state index is 12.2. The third-order valence-corrected chi connectivity index (χ3v) is 3.58. The normalized spacial score (nSPS) is 10.2. The van der Waals surface area contributed by atoms with Crippen LogP contribution in [0.4, 0.5) is 5.69 Å². The fourth-order valence-corrected chi connectivity index (χ4v) is 2.31. The molecule has 3 rings (SSSR count). The van der Waals surface area contributed by atoms with Crippen molar-refractivity contribution in [1.82, 2.24) is 0 Å². The van der Waals surface area contributed by atoms with E-state index in [1.165, 1.54) is 0 Å². The summed E-state index contributed by atoms with van der Waals surface area (Å²) >= 11 is 0. The molecule has 0 heterocycles. The van der Waals surface area contributed by atoms with Crippen LogP contribution in [0.1, 0.15) is 10.4 Å². The van der Waals surface area contributed by atoms with Crippen molar-refractivity contribution in [2.75, 3.05) is 0 Å². The Kier molecular flexibility index (Phi) is 4.43. The van der Waals surface area contributed by atoms with Crippen LogP contribution < -0.4 is 4.74 Å². The number of aromatic hydroxyl groups is 1. The zero-order valence-electron chi connectivity index (χ0n) is 13.0. The van der Waals surface area contributed by atoms with Gasteiger partial charge in [-0.15, -0.1) is 0 Å². The lowest BCUT2D eigenvalue weighted by atomic mass is 10.1. The Bertz CT molecular complexity index is 920. The van der Waals surface area contributed by atoms with Crippen LogP contribution in [-0.2, 0) is 0 Å². The second kappa shape index (κ2) is 6.84. The van der Waals surface area contributed by atoms with Crippen LogP contribution in [0.15, 0.2) is 72.8 Å². The summed E-state index contributed by atoms with van der Waals surface area (Å²) < 4.78 is 5.19. The van der Waals surface area contributed by atoms with Gasteiger partial charge in [0.15, 0.2) is 0 Å². The van der Waals surface area contributed by atoms with Gasteiger partial charge in [0.1, 0.15) is 17.1 Å². The largest absolute Gasteiger partial charge is 0.507 e. The molecule has 0 aliphatic rings. The molecule has 6 nitrogen and oxygen atoms in total. The molecule has 0 radical (unpaired) electrons. The van der Waals surface area contributed by atoms with E-state index in [0.717, 1.165) is 29.3 Å². The minimum atomic E-state index is -0.867. The van der Waals surface area contributed by atoms with Gasteiger partial charge in [-0.1, -0.05) is 42.5 Å². The Hall–Kier alpha value is -3.67. The van der Waals surface area contributed by atoms with E-state index in [2.05, 4.69) is 0 Å². The van der Waals surface area contributed by atoms with E-state index in [1.807, 2.05) is 30.3 Å². The fraction of sp³-hybridized carbons (Fsp3) is 0. The van der Waals surface area contributed by atoms with Crippen molar-refractivity contribution >= 4 is 11.7 Å². The summed E-state index contributed by atoms with van der Waals surface area (Å²) in [5.41, 5.74) is 1.42. The molecule has 6 heteroatoms. The summed E-state index contributed by atoms with van der Waals surface area (Å²) in [6.45, 7) is 0. The topological polar surface area (TPSA) is 89.7 Å². The predicted molar refractivity (Wildman–Crippen MR) is 91.6 cm³/mol. The van der Waals surface area contributed by atoms with Crippen molar-refractivity contribution < 1.29 is 19.6 Å². The van der Waals surface area contributed by atoms with Gasteiger partial charge in [0.05, 0.1) is 4.92 Å². The maximum Gasteiger partial charge on any atom is 0.347 e. The van der Waals surface area contributed by atoms with E-state index in [1.54, 1.807) is 24.3 Å². The quantitative estimate of drug-likeness (QED) is 0.334. The summed E-state index contributed by atoms with van der Waals surface area (Å²) in [6.07, 6.45) is 0. The smallest absolute Gasteiger partial charge is 0.347 e. The Morgan fingerprint density at radius 2 is 1.56 bits per heavy atom. The number of hydrogen-bond acceptors (Lipinski definition) is 5. The molecule has 124 valence electrons. The van der Waals surface area contributed by atoms with Crippen LogP contribution in [0, 0.1) is 10.1 Å². The van der Waals surface area contributed by atoms with Gasteiger partial charge in [-0.25, -0.2) is 4.79 Å². The Labute approximate surface area is 143 Å². The number of nitrogens with zero attached hydrogens (tertiary/aromatic N) is 1. The summed E-state index contributed by atoms with van der Waals surface area (Å²) in [6, 6.07) is 19.7. The number of phenols is 1. The summed E-state index contributed by atoms with van der Waals surface area (Å²) in [7, 11) is 0. The molecule has 0 aliphatic carbocycles. The Morgan fingerprint density at radius 3 is 2.20 bits per heavy atom. The number of rotatable bonds is 4. The van der Waals surface area contributed by atoms with E-state index in [0.29, 0.717) is 0 Å². The van der Waals surface area contributed by atoms with Crippen molar-refractivity contribution in [2.24, 2.45) is 0 Å². The second-order valence-corrected chi connectivity index (χ2v) is 5.24. The minimum absolute atomic E-state index is 0.263. The zero-order valence-corrected chi connectivity index (χ0v) is 13.0. The highest BCUT2D eigenvalue weighted by molar-refractivity contribution is 5.94. The molecule has 0 saturated carbocycles. The van der Waals surface area contributed by atoms with Crippen molar-refractivity contribution in [3.8, 4) is 22.6 Å². The lowest BCUT2D eigenvalue weighted by molar-refractivity contribution is -0.384. The van der Waals surface area contributed by atoms with Crippen LogP contribution >= 0.6 is 0 Å². The second-order valence-electron chi connectivity index (χ2n) is 5.24. The molecule has 3 aromatic rings. The summed E-state index contributed by atoms with van der Waals surface area (Å²) in [5.74, 6) is -0.972. The van der Waals surface area contributed by atoms with Crippen LogP contribution in [0.3, 0.4) is 0 Å². The van der Waals surface area contributed by atoms with Crippen LogP contribution in [0.25, 0.3) is 11.1 Å². The minimum Gasteiger partial charge on any atom is -0.507 e. The monoisotopic (exact) mass is 335 g/mol. The van der Waals surface area contributed by atoms with E-state index in [-0.39, 0.29) is 22.7 Å². The van der Waals surface area contributed by atoms with E-state index in [4.69, 9.17) is 4.74 Å². The average molecular weight is 335 g/mol. The number of hydrogen-bond donors (Lipinski definition) is 1. The predicted octanol–water partition coefficient (Wildman–Crippen LogP) is 4.19. The van der Waals surface area contributed by atoms with Crippen LogP contribution in [-0.4, -0.2) is 16.0 Å². The highest BCUT2D eigenvalue weighted by Gasteiger charge is 2.18. The molecule has 0 bridgehead atoms. The number of carbonyl (C=O) groups is 1. The van der Waals surface area contributed by atoms with Gasteiger partial charge in [0, 0.05) is 12.1 Å². The molecule has 0 spiro atoms. The first-order valence-corrected chi connectivity index (χ1v) is 7.39. The Morgan fingerprint density at radius 1 is 0.920 bits per heavy atom. The number of nitro groups is 1. The molecule has 25 heavy (non-hydrogen) atoms. The van der Waals surface area contributed by atoms with Crippen molar-refractivity contribution in [3.63, 3.8) is 0 Å². The van der Waals surface area contributed by atoms with Crippen LogP contribution in [0.2, 0.25) is 0 Å². The molecular weight excluding hydrogens is 322 g/mol. The summed E-state index contributed by atoms with van der Waals surface area (Å²) in [4.78, 5) is 22.3. The zero-order chi connectivity index (χ0) is 17.8. The van der Waals surface area contributed by atoms with Gasteiger partial charge in [-0.2, -0.15) is 0 Å². The third kappa shape index (κ3) is 3.64. The van der Waals surface area contributed by atoms with Crippen molar-refractivity contribution in [2.45, 2.75) is 0 Å². The lowest BCUT2D eigenvalue weighted by Crippen LogP contribution is -2.09. The highest BCUT2D eigenvalue weighted by Crippen LogP contribution is 2.26. The Balaban J connectivity index is 1.80. The molecule has 0 atom stereocenters. The number of ether oxygens (including phenoxy) is 1. The van der Waals surface area contributed by atoms with Crippen molar-refractivity contribution in [1.29, 1.82) is 0 Å². The standard InChI is InChI=1S/C19H13NO5/c21-18-11-8-15(20(23)24)12-17(18)19(22)25-16-9-6-14(7-10-16)13-4-2-1-3-5-13/h1-12,21H. The number of benzene rings is 3. The molecular formula is C19H13NO5.